The molecular formula is C9H18ClNO3. The zero-order chi connectivity index (χ0) is 9.84. The molecule has 1 saturated heterocycles. The molecule has 2 N–H and O–H groups in total. The number of carboxylic acid groups (broad SMARTS) is 1. The summed E-state index contributed by atoms with van der Waals surface area (Å²) in [5.41, 5.74) is 0. The minimum Gasteiger partial charge on any atom is -0.480 e. The van der Waals surface area contributed by atoms with Crippen molar-refractivity contribution in [3.8, 4) is 0 Å². The normalized spacial score (nSPS) is 22.1. The van der Waals surface area contributed by atoms with Gasteiger partial charge in [0.25, 0.3) is 0 Å². The van der Waals surface area contributed by atoms with E-state index in [1.807, 2.05) is 4.90 Å². The average Bonchev–Trinajstić information content (AvgIpc) is 2.04. The molecule has 0 aromatic carbocycles. The topological polar surface area (TPSA) is 60.8 Å². The van der Waals surface area contributed by atoms with E-state index in [9.17, 15) is 9.90 Å². The van der Waals surface area contributed by atoms with Crippen LogP contribution in [-0.2, 0) is 4.79 Å². The number of nitrogens with zero attached hydrogens (tertiary/aromatic N) is 1. The van der Waals surface area contributed by atoms with Crippen LogP contribution >= 0.6 is 12.4 Å². The van der Waals surface area contributed by atoms with Gasteiger partial charge >= 0.3 is 5.97 Å². The van der Waals surface area contributed by atoms with E-state index in [4.69, 9.17) is 5.11 Å². The van der Waals surface area contributed by atoms with Gasteiger partial charge < -0.3 is 10.2 Å². The van der Waals surface area contributed by atoms with E-state index in [0.717, 1.165) is 25.9 Å². The molecule has 0 amide bonds. The molecule has 1 heterocycles. The molecular weight excluding hydrogens is 206 g/mol. The third-order valence-electron chi connectivity index (χ3n) is 2.49. The largest absolute Gasteiger partial charge is 0.480 e. The first-order valence-corrected chi connectivity index (χ1v) is 4.78. The number of halogens is 1. The molecule has 0 radical (unpaired) electrons. The van der Waals surface area contributed by atoms with Crippen molar-refractivity contribution in [3.63, 3.8) is 0 Å². The Morgan fingerprint density at radius 2 is 1.79 bits per heavy atom. The van der Waals surface area contributed by atoms with Gasteiger partial charge in [0.2, 0.25) is 0 Å². The van der Waals surface area contributed by atoms with Gasteiger partial charge in [-0.2, -0.15) is 0 Å². The van der Waals surface area contributed by atoms with Crippen LogP contribution in [0, 0.1) is 0 Å². The molecule has 2 unspecified atom stereocenters. The van der Waals surface area contributed by atoms with Crippen molar-refractivity contribution in [1.29, 1.82) is 0 Å². The number of rotatable bonds is 3. The quantitative estimate of drug-likeness (QED) is 0.741. The molecule has 2 atom stereocenters. The predicted molar refractivity (Wildman–Crippen MR) is 55.8 cm³/mol. The highest BCUT2D eigenvalue weighted by atomic mass is 35.5. The number of hydrogen-bond donors (Lipinski definition) is 2. The number of likely N-dealkylation sites (tertiary alicyclic amines) is 1. The van der Waals surface area contributed by atoms with Gasteiger partial charge in [-0.3, -0.25) is 9.69 Å². The highest BCUT2D eigenvalue weighted by Gasteiger charge is 2.30. The first-order chi connectivity index (χ1) is 6.13. The second-order valence-corrected chi connectivity index (χ2v) is 3.62. The number of hydrogen-bond acceptors (Lipinski definition) is 3. The fourth-order valence-corrected chi connectivity index (χ4v) is 1.86. The minimum atomic E-state index is -0.920. The lowest BCUT2D eigenvalue weighted by Crippen LogP contribution is -2.49. The van der Waals surface area contributed by atoms with E-state index in [0.29, 0.717) is 0 Å². The maximum absolute atomic E-state index is 10.8. The van der Waals surface area contributed by atoms with E-state index >= 15 is 0 Å². The molecule has 0 spiro atoms. The third-order valence-corrected chi connectivity index (χ3v) is 2.49. The summed E-state index contributed by atoms with van der Waals surface area (Å²) < 4.78 is 0. The molecule has 0 aromatic rings. The van der Waals surface area contributed by atoms with Crippen LogP contribution in [-0.4, -0.2) is 46.3 Å². The van der Waals surface area contributed by atoms with Gasteiger partial charge in [0.15, 0.2) is 0 Å². The van der Waals surface area contributed by atoms with Gasteiger partial charge in [0, 0.05) is 0 Å². The number of aliphatic hydroxyl groups is 1. The molecule has 0 aliphatic carbocycles. The van der Waals surface area contributed by atoms with Crippen LogP contribution in [0.25, 0.3) is 0 Å². The molecule has 1 aliphatic heterocycles. The SMILES string of the molecule is CC(O)C(C(=O)O)N1CCCCC1.Cl. The predicted octanol–water partition coefficient (Wildman–Crippen LogP) is 0.728. The van der Waals surface area contributed by atoms with Gasteiger partial charge in [-0.15, -0.1) is 12.4 Å². The van der Waals surface area contributed by atoms with Gasteiger partial charge in [0.1, 0.15) is 6.04 Å². The van der Waals surface area contributed by atoms with Crippen molar-refractivity contribution in [2.75, 3.05) is 13.1 Å². The van der Waals surface area contributed by atoms with E-state index in [2.05, 4.69) is 0 Å². The average molecular weight is 224 g/mol. The van der Waals surface area contributed by atoms with Crippen molar-refractivity contribution in [2.45, 2.75) is 38.3 Å². The fraction of sp³-hybridized carbons (Fsp3) is 0.889. The Bertz CT molecular complexity index is 181. The van der Waals surface area contributed by atoms with Crippen LogP contribution in [0.1, 0.15) is 26.2 Å². The highest BCUT2D eigenvalue weighted by molar-refractivity contribution is 5.85. The Morgan fingerprint density at radius 1 is 1.29 bits per heavy atom. The minimum absolute atomic E-state index is 0. The van der Waals surface area contributed by atoms with Crippen molar-refractivity contribution in [3.05, 3.63) is 0 Å². The molecule has 0 aromatic heterocycles. The van der Waals surface area contributed by atoms with Crippen molar-refractivity contribution >= 4 is 18.4 Å². The molecule has 0 saturated carbocycles. The Kier molecular flexibility index (Phi) is 6.08. The molecule has 5 heteroatoms. The van der Waals surface area contributed by atoms with Crippen LogP contribution in [0.5, 0.6) is 0 Å². The second-order valence-electron chi connectivity index (χ2n) is 3.62. The van der Waals surface area contributed by atoms with Gasteiger partial charge in [-0.25, -0.2) is 0 Å². The number of aliphatic carboxylic acids is 1. The summed E-state index contributed by atoms with van der Waals surface area (Å²) in [5.74, 6) is -0.920. The van der Waals surface area contributed by atoms with Crippen molar-refractivity contribution < 1.29 is 15.0 Å². The van der Waals surface area contributed by atoms with Crippen molar-refractivity contribution in [2.24, 2.45) is 0 Å². The summed E-state index contributed by atoms with van der Waals surface area (Å²) in [4.78, 5) is 12.7. The first kappa shape index (κ1) is 13.7. The molecule has 1 fully saturated rings. The number of carboxylic acids is 1. The lowest BCUT2D eigenvalue weighted by Gasteiger charge is -2.33. The summed E-state index contributed by atoms with van der Waals surface area (Å²) in [6, 6.07) is -0.722. The Labute approximate surface area is 90.3 Å². The third kappa shape index (κ3) is 3.44. The van der Waals surface area contributed by atoms with E-state index in [1.54, 1.807) is 0 Å². The maximum Gasteiger partial charge on any atom is 0.323 e. The van der Waals surface area contributed by atoms with Crippen LogP contribution < -0.4 is 0 Å². The van der Waals surface area contributed by atoms with Crippen LogP contribution in [0.3, 0.4) is 0 Å². The molecule has 84 valence electrons. The number of aliphatic hydroxyl groups excluding tert-OH is 1. The summed E-state index contributed by atoms with van der Waals surface area (Å²) in [7, 11) is 0. The Hall–Kier alpha value is -0.320. The number of carbonyl (C=O) groups is 1. The van der Waals surface area contributed by atoms with Gasteiger partial charge in [-0.1, -0.05) is 6.42 Å². The maximum atomic E-state index is 10.8. The van der Waals surface area contributed by atoms with E-state index < -0.39 is 18.1 Å². The van der Waals surface area contributed by atoms with Crippen LogP contribution in [0.4, 0.5) is 0 Å². The Morgan fingerprint density at radius 3 is 2.14 bits per heavy atom. The summed E-state index contributed by atoms with van der Waals surface area (Å²) >= 11 is 0. The van der Waals surface area contributed by atoms with Crippen LogP contribution in [0.15, 0.2) is 0 Å². The fourth-order valence-electron chi connectivity index (χ4n) is 1.86. The smallest absolute Gasteiger partial charge is 0.323 e. The first-order valence-electron chi connectivity index (χ1n) is 4.78. The zero-order valence-electron chi connectivity index (χ0n) is 8.35. The van der Waals surface area contributed by atoms with Gasteiger partial charge in [0.05, 0.1) is 6.10 Å². The summed E-state index contributed by atoms with van der Waals surface area (Å²) in [5, 5.41) is 18.2. The standard InChI is InChI=1S/C9H17NO3.ClH/c1-7(11)8(9(12)13)10-5-3-2-4-6-10;/h7-8,11H,2-6H2,1H3,(H,12,13);1H. The molecule has 4 nitrogen and oxygen atoms in total. The highest BCUT2D eigenvalue weighted by Crippen LogP contribution is 2.14. The molecule has 14 heavy (non-hydrogen) atoms. The molecule has 1 rings (SSSR count). The lowest BCUT2D eigenvalue weighted by molar-refractivity contribution is -0.147. The Balaban J connectivity index is 0.00000169. The summed E-state index contributed by atoms with van der Waals surface area (Å²) in [6.07, 6.45) is 2.45. The van der Waals surface area contributed by atoms with Crippen molar-refractivity contribution in [1.82, 2.24) is 4.90 Å². The second kappa shape index (κ2) is 6.22. The number of piperidine rings is 1. The molecule has 0 bridgehead atoms. The molecule has 1 aliphatic rings. The van der Waals surface area contributed by atoms with Crippen LogP contribution in [0.2, 0.25) is 0 Å². The summed E-state index contributed by atoms with van der Waals surface area (Å²) in [6.45, 7) is 3.12. The zero-order valence-corrected chi connectivity index (χ0v) is 9.16. The lowest BCUT2D eigenvalue weighted by atomic mass is 10.1. The van der Waals surface area contributed by atoms with E-state index in [1.165, 1.54) is 13.3 Å². The van der Waals surface area contributed by atoms with Gasteiger partial charge in [-0.05, 0) is 32.9 Å². The van der Waals surface area contributed by atoms with E-state index in [-0.39, 0.29) is 12.4 Å². The monoisotopic (exact) mass is 223 g/mol.